The molecule has 0 aliphatic carbocycles. The van der Waals surface area contributed by atoms with Gasteiger partial charge in [0.1, 0.15) is 5.82 Å². The highest BCUT2D eigenvalue weighted by Gasteiger charge is 2.18. The van der Waals surface area contributed by atoms with Gasteiger partial charge in [-0.1, -0.05) is 30.3 Å². The van der Waals surface area contributed by atoms with Gasteiger partial charge < -0.3 is 5.32 Å². The molecule has 5 heteroatoms. The zero-order valence-corrected chi connectivity index (χ0v) is 13.8. The van der Waals surface area contributed by atoms with Crippen LogP contribution in [0.5, 0.6) is 0 Å². The molecule has 0 saturated heterocycles. The lowest BCUT2D eigenvalue weighted by atomic mass is 10.1. The van der Waals surface area contributed by atoms with Gasteiger partial charge in [0.25, 0.3) is 0 Å². The Labute approximate surface area is 146 Å². The first-order chi connectivity index (χ1) is 12.3. The Morgan fingerprint density at radius 1 is 1.04 bits per heavy atom. The van der Waals surface area contributed by atoms with Crippen LogP contribution in [0.4, 0.5) is 16.0 Å². The van der Waals surface area contributed by atoms with E-state index >= 15 is 0 Å². The van der Waals surface area contributed by atoms with Crippen LogP contribution in [0.25, 0.3) is 0 Å². The molecule has 25 heavy (non-hydrogen) atoms. The van der Waals surface area contributed by atoms with Crippen LogP contribution in [0.15, 0.2) is 60.8 Å². The molecule has 0 amide bonds. The zero-order chi connectivity index (χ0) is 17.1. The molecule has 0 fully saturated rings. The molecule has 1 aromatic heterocycles. The fourth-order valence-electron chi connectivity index (χ4n) is 3.07. The van der Waals surface area contributed by atoms with Gasteiger partial charge >= 0.3 is 0 Å². The fourth-order valence-corrected chi connectivity index (χ4v) is 3.07. The molecule has 126 valence electrons. The van der Waals surface area contributed by atoms with Crippen LogP contribution in [0, 0.1) is 5.82 Å². The number of benzene rings is 2. The van der Waals surface area contributed by atoms with Crippen molar-refractivity contribution in [1.82, 2.24) is 14.9 Å². The number of hydrogen-bond donors (Lipinski definition) is 1. The fraction of sp³-hybridized carbons (Fsp3) is 0.200. The number of nitrogens with one attached hydrogen (secondary N) is 1. The van der Waals surface area contributed by atoms with Crippen LogP contribution in [-0.4, -0.2) is 21.4 Å². The number of nitrogens with zero attached hydrogens (tertiary/aromatic N) is 3. The summed E-state index contributed by atoms with van der Waals surface area (Å²) in [4.78, 5) is 11.4. The standard InChI is InChI=1S/C20H19FN4/c21-17-6-8-18(9-7-17)23-20-22-12-16-14-25(11-10-19(16)24-20)13-15-4-2-1-3-5-15/h1-9,12H,10-11,13-14H2,(H,22,23,24). The largest absolute Gasteiger partial charge is 0.324 e. The molecule has 0 saturated carbocycles. The molecule has 1 aliphatic heterocycles. The summed E-state index contributed by atoms with van der Waals surface area (Å²) in [6.45, 7) is 2.78. The van der Waals surface area contributed by atoms with Gasteiger partial charge in [-0.15, -0.1) is 0 Å². The van der Waals surface area contributed by atoms with Gasteiger partial charge in [0.2, 0.25) is 5.95 Å². The predicted octanol–water partition coefficient (Wildman–Crippen LogP) is 3.92. The van der Waals surface area contributed by atoms with Crippen molar-refractivity contribution in [2.24, 2.45) is 0 Å². The van der Waals surface area contributed by atoms with Gasteiger partial charge in [-0.25, -0.2) is 14.4 Å². The second-order valence-corrected chi connectivity index (χ2v) is 6.24. The van der Waals surface area contributed by atoms with E-state index in [2.05, 4.69) is 44.5 Å². The van der Waals surface area contributed by atoms with E-state index in [4.69, 9.17) is 0 Å². The first-order valence-corrected chi connectivity index (χ1v) is 8.40. The maximum Gasteiger partial charge on any atom is 0.227 e. The van der Waals surface area contributed by atoms with Crippen LogP contribution in [0.3, 0.4) is 0 Å². The quantitative estimate of drug-likeness (QED) is 0.785. The number of anilines is 2. The molecular formula is C20H19FN4. The summed E-state index contributed by atoms with van der Waals surface area (Å²) >= 11 is 0. The van der Waals surface area contributed by atoms with Crippen molar-refractivity contribution < 1.29 is 4.39 Å². The highest BCUT2D eigenvalue weighted by Crippen LogP contribution is 2.21. The number of fused-ring (bicyclic) bond motifs is 1. The lowest BCUT2D eigenvalue weighted by Gasteiger charge is -2.28. The minimum atomic E-state index is -0.254. The minimum absolute atomic E-state index is 0.254. The van der Waals surface area contributed by atoms with E-state index in [1.54, 1.807) is 12.1 Å². The van der Waals surface area contributed by atoms with Gasteiger partial charge in [-0.05, 0) is 29.8 Å². The van der Waals surface area contributed by atoms with E-state index < -0.39 is 0 Å². The van der Waals surface area contributed by atoms with Crippen molar-refractivity contribution in [3.05, 3.63) is 83.4 Å². The molecule has 1 aliphatic rings. The summed E-state index contributed by atoms with van der Waals surface area (Å²) in [7, 11) is 0. The van der Waals surface area contributed by atoms with E-state index in [9.17, 15) is 4.39 Å². The second kappa shape index (κ2) is 6.99. The van der Waals surface area contributed by atoms with Crippen LogP contribution in [0.2, 0.25) is 0 Å². The third-order valence-electron chi connectivity index (χ3n) is 4.36. The van der Waals surface area contributed by atoms with E-state index in [-0.39, 0.29) is 5.82 Å². The van der Waals surface area contributed by atoms with Crippen molar-refractivity contribution in [3.8, 4) is 0 Å². The summed E-state index contributed by atoms with van der Waals surface area (Å²) in [5, 5.41) is 3.13. The molecule has 2 aromatic carbocycles. The van der Waals surface area contributed by atoms with E-state index in [0.29, 0.717) is 5.95 Å². The maximum absolute atomic E-state index is 13.0. The van der Waals surface area contributed by atoms with Crippen molar-refractivity contribution >= 4 is 11.6 Å². The normalized spacial score (nSPS) is 14.1. The molecule has 0 radical (unpaired) electrons. The van der Waals surface area contributed by atoms with Crippen LogP contribution in [0.1, 0.15) is 16.8 Å². The summed E-state index contributed by atoms with van der Waals surface area (Å²) in [6.07, 6.45) is 2.80. The van der Waals surface area contributed by atoms with E-state index in [1.807, 2.05) is 12.3 Å². The SMILES string of the molecule is Fc1ccc(Nc2ncc3c(n2)CCN(Cc2ccccc2)C3)cc1. The van der Waals surface area contributed by atoms with Crippen molar-refractivity contribution in [1.29, 1.82) is 0 Å². The minimum Gasteiger partial charge on any atom is -0.324 e. The van der Waals surface area contributed by atoms with Crippen LogP contribution >= 0.6 is 0 Å². The first kappa shape index (κ1) is 15.7. The highest BCUT2D eigenvalue weighted by atomic mass is 19.1. The van der Waals surface area contributed by atoms with Crippen molar-refractivity contribution in [3.63, 3.8) is 0 Å². The summed E-state index contributed by atoms with van der Waals surface area (Å²) in [5.41, 5.74) is 4.36. The van der Waals surface area contributed by atoms with Crippen LogP contribution < -0.4 is 5.32 Å². The zero-order valence-electron chi connectivity index (χ0n) is 13.8. The van der Waals surface area contributed by atoms with Gasteiger partial charge in [-0.3, -0.25) is 4.90 Å². The maximum atomic E-state index is 13.0. The topological polar surface area (TPSA) is 41.1 Å². The average Bonchev–Trinajstić information content (AvgIpc) is 2.65. The number of rotatable bonds is 4. The van der Waals surface area contributed by atoms with Crippen molar-refractivity contribution in [2.75, 3.05) is 11.9 Å². The van der Waals surface area contributed by atoms with Gasteiger partial charge in [0.05, 0.1) is 5.69 Å². The van der Waals surface area contributed by atoms with E-state index in [0.717, 1.165) is 37.4 Å². The Kier molecular flexibility index (Phi) is 4.39. The molecule has 0 unspecified atom stereocenters. The monoisotopic (exact) mass is 334 g/mol. The third kappa shape index (κ3) is 3.83. The summed E-state index contributed by atoms with van der Waals surface area (Å²) < 4.78 is 13.0. The lowest BCUT2D eigenvalue weighted by Crippen LogP contribution is -2.31. The lowest BCUT2D eigenvalue weighted by molar-refractivity contribution is 0.243. The molecule has 4 nitrogen and oxygen atoms in total. The van der Waals surface area contributed by atoms with E-state index in [1.165, 1.54) is 23.3 Å². The molecule has 0 atom stereocenters. The number of aromatic nitrogens is 2. The molecule has 1 N–H and O–H groups in total. The van der Waals surface area contributed by atoms with Gasteiger partial charge in [0, 0.05) is 43.5 Å². The Morgan fingerprint density at radius 2 is 1.84 bits per heavy atom. The second-order valence-electron chi connectivity index (χ2n) is 6.24. The predicted molar refractivity (Wildman–Crippen MR) is 96.0 cm³/mol. The Morgan fingerprint density at radius 3 is 2.64 bits per heavy atom. The Balaban J connectivity index is 1.44. The number of halogens is 1. The van der Waals surface area contributed by atoms with Crippen molar-refractivity contribution in [2.45, 2.75) is 19.5 Å². The molecule has 2 heterocycles. The van der Waals surface area contributed by atoms with Gasteiger partial charge in [-0.2, -0.15) is 0 Å². The highest BCUT2D eigenvalue weighted by molar-refractivity contribution is 5.53. The molecule has 0 spiro atoms. The smallest absolute Gasteiger partial charge is 0.227 e. The van der Waals surface area contributed by atoms with Crippen LogP contribution in [-0.2, 0) is 19.5 Å². The molecule has 3 aromatic rings. The van der Waals surface area contributed by atoms with Gasteiger partial charge in [0.15, 0.2) is 0 Å². The summed E-state index contributed by atoms with van der Waals surface area (Å²) in [6, 6.07) is 16.7. The summed E-state index contributed by atoms with van der Waals surface area (Å²) in [5.74, 6) is 0.303. The molecule has 0 bridgehead atoms. The average molecular weight is 334 g/mol. The molecular weight excluding hydrogens is 315 g/mol. The third-order valence-corrected chi connectivity index (χ3v) is 4.36. The Hall–Kier alpha value is -2.79. The molecule has 4 rings (SSSR count). The number of hydrogen-bond acceptors (Lipinski definition) is 4. The Bertz CT molecular complexity index is 849. The first-order valence-electron chi connectivity index (χ1n) is 8.40.